The predicted molar refractivity (Wildman–Crippen MR) is 89.7 cm³/mol. The number of aromatic nitrogens is 2. The summed E-state index contributed by atoms with van der Waals surface area (Å²) in [5, 5.41) is 8.90. The number of halogens is 1. The molecule has 114 valence electrons. The Balaban J connectivity index is 2.40. The van der Waals surface area contributed by atoms with E-state index in [1.807, 2.05) is 23.7 Å². The van der Waals surface area contributed by atoms with E-state index < -0.39 is 0 Å². The van der Waals surface area contributed by atoms with Gasteiger partial charge in [-0.2, -0.15) is 5.10 Å². The molecule has 3 nitrogen and oxygen atoms in total. The monoisotopic (exact) mass is 305 g/mol. The summed E-state index contributed by atoms with van der Waals surface area (Å²) in [4.78, 5) is 0. The SMILES string of the molecule is CCNCC(C)c1c(C)nn(-c2ccc(C)c(Cl)c2)c1C. The number of benzene rings is 1. The van der Waals surface area contributed by atoms with Gasteiger partial charge in [0.05, 0.1) is 11.4 Å². The number of hydrogen-bond donors (Lipinski definition) is 1. The van der Waals surface area contributed by atoms with Crippen LogP contribution in [0.5, 0.6) is 0 Å². The lowest BCUT2D eigenvalue weighted by molar-refractivity contribution is 0.630. The van der Waals surface area contributed by atoms with E-state index in [-0.39, 0.29) is 0 Å². The molecule has 4 heteroatoms. The first-order chi connectivity index (χ1) is 9.95. The largest absolute Gasteiger partial charge is 0.316 e. The van der Waals surface area contributed by atoms with Gasteiger partial charge in [0.25, 0.3) is 0 Å². The molecule has 0 saturated carbocycles. The Hall–Kier alpha value is -1.32. The van der Waals surface area contributed by atoms with E-state index >= 15 is 0 Å². The van der Waals surface area contributed by atoms with Crippen molar-refractivity contribution >= 4 is 11.6 Å². The van der Waals surface area contributed by atoms with Gasteiger partial charge in [-0.05, 0) is 50.9 Å². The van der Waals surface area contributed by atoms with Crippen LogP contribution in [0.3, 0.4) is 0 Å². The van der Waals surface area contributed by atoms with E-state index in [4.69, 9.17) is 16.7 Å². The topological polar surface area (TPSA) is 29.9 Å². The molecule has 0 saturated heterocycles. The van der Waals surface area contributed by atoms with E-state index in [0.717, 1.165) is 35.1 Å². The van der Waals surface area contributed by atoms with Crippen molar-refractivity contribution in [3.63, 3.8) is 0 Å². The van der Waals surface area contributed by atoms with Crippen molar-refractivity contribution < 1.29 is 0 Å². The zero-order valence-corrected chi connectivity index (χ0v) is 14.3. The van der Waals surface area contributed by atoms with Gasteiger partial charge in [-0.3, -0.25) is 0 Å². The second-order valence-corrected chi connectivity index (χ2v) is 6.05. The zero-order chi connectivity index (χ0) is 15.6. The number of aryl methyl sites for hydroxylation is 2. The molecule has 0 aliphatic carbocycles. The Kier molecular flexibility index (Phi) is 5.07. The fourth-order valence-corrected chi connectivity index (χ4v) is 2.97. The number of nitrogens with one attached hydrogen (secondary N) is 1. The molecule has 0 fully saturated rings. The van der Waals surface area contributed by atoms with Gasteiger partial charge in [-0.1, -0.05) is 31.5 Å². The van der Waals surface area contributed by atoms with E-state index in [0.29, 0.717) is 5.92 Å². The average molecular weight is 306 g/mol. The van der Waals surface area contributed by atoms with Crippen LogP contribution in [0.25, 0.3) is 5.69 Å². The summed E-state index contributed by atoms with van der Waals surface area (Å²) >= 11 is 6.24. The molecule has 0 aliphatic heterocycles. The molecule has 0 amide bonds. The maximum absolute atomic E-state index is 6.24. The molecule has 0 aliphatic rings. The summed E-state index contributed by atoms with van der Waals surface area (Å²) in [6.07, 6.45) is 0. The van der Waals surface area contributed by atoms with Crippen molar-refractivity contribution in [3.05, 3.63) is 45.7 Å². The lowest BCUT2D eigenvalue weighted by atomic mass is 9.99. The highest BCUT2D eigenvalue weighted by molar-refractivity contribution is 6.31. The Morgan fingerprint density at radius 1 is 1.29 bits per heavy atom. The van der Waals surface area contributed by atoms with Crippen LogP contribution in [0.4, 0.5) is 0 Å². The van der Waals surface area contributed by atoms with Crippen LogP contribution in [0.15, 0.2) is 18.2 Å². The summed E-state index contributed by atoms with van der Waals surface area (Å²) in [7, 11) is 0. The van der Waals surface area contributed by atoms with Crippen molar-refractivity contribution in [2.45, 2.75) is 40.5 Å². The highest BCUT2D eigenvalue weighted by Crippen LogP contribution is 2.26. The van der Waals surface area contributed by atoms with Crippen molar-refractivity contribution in [1.29, 1.82) is 0 Å². The first-order valence-corrected chi connectivity index (χ1v) is 7.86. The highest BCUT2D eigenvalue weighted by Gasteiger charge is 2.18. The Morgan fingerprint density at radius 3 is 2.62 bits per heavy atom. The molecule has 2 aromatic rings. The number of nitrogens with zero attached hydrogens (tertiary/aromatic N) is 2. The molecule has 21 heavy (non-hydrogen) atoms. The van der Waals surface area contributed by atoms with Gasteiger partial charge in [0.2, 0.25) is 0 Å². The first-order valence-electron chi connectivity index (χ1n) is 7.49. The molecule has 0 bridgehead atoms. The lowest BCUT2D eigenvalue weighted by Gasteiger charge is -2.13. The van der Waals surface area contributed by atoms with E-state index in [1.54, 1.807) is 0 Å². The number of likely N-dealkylation sites (N-methyl/N-ethyl adjacent to an activating group) is 1. The molecule has 1 heterocycles. The molecule has 1 unspecified atom stereocenters. The van der Waals surface area contributed by atoms with Crippen molar-refractivity contribution in [3.8, 4) is 5.69 Å². The van der Waals surface area contributed by atoms with Crippen LogP contribution in [-0.4, -0.2) is 22.9 Å². The first kappa shape index (κ1) is 16.1. The maximum atomic E-state index is 6.24. The predicted octanol–water partition coefficient (Wildman–Crippen LogP) is 4.16. The average Bonchev–Trinajstić information content (AvgIpc) is 2.74. The Bertz CT molecular complexity index is 631. The van der Waals surface area contributed by atoms with Crippen molar-refractivity contribution in [2.24, 2.45) is 0 Å². The van der Waals surface area contributed by atoms with Gasteiger partial charge < -0.3 is 5.32 Å². The number of hydrogen-bond acceptors (Lipinski definition) is 2. The van der Waals surface area contributed by atoms with Crippen LogP contribution in [0, 0.1) is 20.8 Å². The second-order valence-electron chi connectivity index (χ2n) is 5.64. The summed E-state index contributed by atoms with van der Waals surface area (Å²) in [5.41, 5.74) is 5.72. The van der Waals surface area contributed by atoms with Crippen LogP contribution in [-0.2, 0) is 0 Å². The second kappa shape index (κ2) is 6.63. The molecular formula is C17H24ClN3. The Morgan fingerprint density at radius 2 is 2.00 bits per heavy atom. The fourth-order valence-electron chi connectivity index (χ4n) is 2.80. The van der Waals surface area contributed by atoms with Gasteiger partial charge in [-0.15, -0.1) is 0 Å². The van der Waals surface area contributed by atoms with Gasteiger partial charge in [-0.25, -0.2) is 4.68 Å². The van der Waals surface area contributed by atoms with Gasteiger partial charge in [0.1, 0.15) is 0 Å². The third-order valence-corrected chi connectivity index (χ3v) is 4.35. The highest BCUT2D eigenvalue weighted by atomic mass is 35.5. The molecule has 1 aromatic heterocycles. The van der Waals surface area contributed by atoms with Gasteiger partial charge >= 0.3 is 0 Å². The summed E-state index contributed by atoms with van der Waals surface area (Å²) in [6.45, 7) is 12.6. The van der Waals surface area contributed by atoms with Gasteiger partial charge in [0, 0.05) is 22.8 Å². The summed E-state index contributed by atoms with van der Waals surface area (Å²) < 4.78 is 2.00. The molecule has 1 atom stereocenters. The molecule has 1 N–H and O–H groups in total. The van der Waals surface area contributed by atoms with E-state index in [2.05, 4.69) is 39.1 Å². The minimum Gasteiger partial charge on any atom is -0.316 e. The molecule has 2 rings (SSSR count). The normalized spacial score (nSPS) is 12.7. The smallest absolute Gasteiger partial charge is 0.0663 e. The minimum absolute atomic E-state index is 0.444. The van der Waals surface area contributed by atoms with Crippen LogP contribution in [0.2, 0.25) is 5.02 Å². The third kappa shape index (κ3) is 3.30. The van der Waals surface area contributed by atoms with Gasteiger partial charge in [0.15, 0.2) is 0 Å². The maximum Gasteiger partial charge on any atom is 0.0663 e. The lowest BCUT2D eigenvalue weighted by Crippen LogP contribution is -2.20. The molecular weight excluding hydrogens is 282 g/mol. The van der Waals surface area contributed by atoms with Crippen LogP contribution >= 0.6 is 11.6 Å². The standard InChI is InChI=1S/C17H24ClN3/c1-6-19-10-12(3)17-13(4)20-21(14(17)5)15-8-7-11(2)16(18)9-15/h7-9,12,19H,6,10H2,1-5H3. The fraction of sp³-hybridized carbons (Fsp3) is 0.471. The molecule has 0 spiro atoms. The van der Waals surface area contributed by atoms with E-state index in [1.165, 1.54) is 11.3 Å². The van der Waals surface area contributed by atoms with Crippen LogP contribution < -0.4 is 5.32 Å². The minimum atomic E-state index is 0.444. The van der Waals surface area contributed by atoms with Crippen molar-refractivity contribution in [1.82, 2.24) is 15.1 Å². The van der Waals surface area contributed by atoms with E-state index in [9.17, 15) is 0 Å². The summed E-state index contributed by atoms with van der Waals surface area (Å²) in [6, 6.07) is 6.09. The third-order valence-electron chi connectivity index (χ3n) is 3.94. The summed E-state index contributed by atoms with van der Waals surface area (Å²) in [5.74, 6) is 0.444. The Labute approximate surface area is 132 Å². The zero-order valence-electron chi connectivity index (χ0n) is 13.5. The molecule has 0 radical (unpaired) electrons. The quantitative estimate of drug-likeness (QED) is 0.898. The van der Waals surface area contributed by atoms with Crippen LogP contribution in [0.1, 0.15) is 42.3 Å². The van der Waals surface area contributed by atoms with Crippen molar-refractivity contribution in [2.75, 3.05) is 13.1 Å². The number of rotatable bonds is 5. The molecule has 1 aromatic carbocycles.